The number of carbonyl (C=O) groups excluding carboxylic acids is 1. The van der Waals surface area contributed by atoms with Crippen molar-refractivity contribution in [3.05, 3.63) is 21.9 Å². The zero-order valence-electron chi connectivity index (χ0n) is 10.1. The van der Waals surface area contributed by atoms with Gasteiger partial charge < -0.3 is 9.64 Å². The van der Waals surface area contributed by atoms with Crippen LogP contribution in [0.3, 0.4) is 0 Å². The van der Waals surface area contributed by atoms with E-state index in [-0.39, 0.29) is 11.3 Å². The van der Waals surface area contributed by atoms with E-state index in [4.69, 9.17) is 4.74 Å². The van der Waals surface area contributed by atoms with Gasteiger partial charge >= 0.3 is 0 Å². The summed E-state index contributed by atoms with van der Waals surface area (Å²) in [5.74, 6) is 0.858. The SMILES string of the molecule is COCCCN1C(=O)CSC1c1ccc(C)s1. The Kier molecular flexibility index (Phi) is 4.48. The molecule has 3 nitrogen and oxygen atoms in total. The Hall–Kier alpha value is -0.520. The van der Waals surface area contributed by atoms with E-state index in [0.29, 0.717) is 12.4 Å². The molecule has 0 bridgehead atoms. The number of methoxy groups -OCH3 is 1. The van der Waals surface area contributed by atoms with E-state index in [1.807, 2.05) is 4.90 Å². The zero-order chi connectivity index (χ0) is 12.3. The van der Waals surface area contributed by atoms with Crippen molar-refractivity contribution < 1.29 is 9.53 Å². The first-order valence-corrected chi connectivity index (χ1v) is 7.55. The molecule has 1 amide bonds. The molecule has 0 N–H and O–H groups in total. The normalized spacial score (nSPS) is 20.2. The number of rotatable bonds is 5. The van der Waals surface area contributed by atoms with Crippen molar-refractivity contribution in [1.29, 1.82) is 0 Å². The molecule has 0 radical (unpaired) electrons. The fourth-order valence-corrected chi connectivity index (χ4v) is 4.23. The summed E-state index contributed by atoms with van der Waals surface area (Å²) in [7, 11) is 1.70. The summed E-state index contributed by atoms with van der Waals surface area (Å²) in [5.41, 5.74) is 0. The smallest absolute Gasteiger partial charge is 0.233 e. The lowest BCUT2D eigenvalue weighted by Gasteiger charge is -2.22. The topological polar surface area (TPSA) is 29.5 Å². The first kappa shape index (κ1) is 12.9. The predicted octanol–water partition coefficient (Wildman–Crippen LogP) is 2.67. The molecule has 2 heterocycles. The van der Waals surface area contributed by atoms with Gasteiger partial charge in [0.05, 0.1) is 5.75 Å². The highest BCUT2D eigenvalue weighted by atomic mass is 32.2. The number of ether oxygens (including phenoxy) is 1. The molecule has 1 unspecified atom stereocenters. The Bertz CT molecular complexity index is 392. The number of carbonyl (C=O) groups is 1. The average molecular weight is 271 g/mol. The van der Waals surface area contributed by atoms with Crippen LogP contribution in [0.25, 0.3) is 0 Å². The number of thiophene rings is 1. The van der Waals surface area contributed by atoms with Crippen LogP contribution in [0, 0.1) is 6.92 Å². The molecule has 0 saturated carbocycles. The van der Waals surface area contributed by atoms with Gasteiger partial charge in [-0.1, -0.05) is 0 Å². The number of thioether (sulfide) groups is 1. The number of amides is 1. The third-order valence-corrected chi connectivity index (χ3v) is 5.16. The molecular formula is C12H17NO2S2. The van der Waals surface area contributed by atoms with E-state index in [0.717, 1.165) is 13.0 Å². The number of nitrogens with zero attached hydrogens (tertiary/aromatic N) is 1. The van der Waals surface area contributed by atoms with Gasteiger partial charge in [-0.2, -0.15) is 0 Å². The summed E-state index contributed by atoms with van der Waals surface area (Å²) in [4.78, 5) is 16.4. The lowest BCUT2D eigenvalue weighted by Crippen LogP contribution is -2.29. The lowest BCUT2D eigenvalue weighted by atomic mass is 10.3. The molecule has 1 aliphatic rings. The quantitative estimate of drug-likeness (QED) is 0.771. The molecule has 1 aromatic heterocycles. The Labute approximate surface area is 110 Å². The summed E-state index contributed by atoms with van der Waals surface area (Å²) >= 11 is 3.51. The van der Waals surface area contributed by atoms with Crippen LogP contribution in [0.2, 0.25) is 0 Å². The van der Waals surface area contributed by atoms with Crippen molar-refractivity contribution in [3.8, 4) is 0 Å². The highest BCUT2D eigenvalue weighted by molar-refractivity contribution is 8.00. The van der Waals surface area contributed by atoms with Gasteiger partial charge in [-0.15, -0.1) is 23.1 Å². The Morgan fingerprint density at radius 2 is 2.35 bits per heavy atom. The van der Waals surface area contributed by atoms with Crippen LogP contribution in [-0.2, 0) is 9.53 Å². The summed E-state index contributed by atoms with van der Waals surface area (Å²) < 4.78 is 5.04. The van der Waals surface area contributed by atoms with E-state index in [2.05, 4.69) is 19.1 Å². The molecule has 17 heavy (non-hydrogen) atoms. The first-order valence-electron chi connectivity index (χ1n) is 5.68. The molecule has 2 rings (SSSR count). The van der Waals surface area contributed by atoms with Gasteiger partial charge in [0.25, 0.3) is 0 Å². The first-order chi connectivity index (χ1) is 8.22. The second kappa shape index (κ2) is 5.89. The summed E-state index contributed by atoms with van der Waals surface area (Å²) in [6.07, 6.45) is 0.906. The van der Waals surface area contributed by atoms with E-state index >= 15 is 0 Å². The van der Waals surface area contributed by atoms with E-state index in [1.165, 1.54) is 9.75 Å². The third kappa shape index (κ3) is 3.03. The highest BCUT2D eigenvalue weighted by Crippen LogP contribution is 2.41. The van der Waals surface area contributed by atoms with E-state index in [1.54, 1.807) is 30.2 Å². The van der Waals surface area contributed by atoms with Gasteiger partial charge in [0.15, 0.2) is 0 Å². The molecule has 94 valence electrons. The average Bonchev–Trinajstić information content (AvgIpc) is 2.87. The fraction of sp³-hybridized carbons (Fsp3) is 0.583. The number of hydrogen-bond donors (Lipinski definition) is 0. The van der Waals surface area contributed by atoms with E-state index in [9.17, 15) is 4.79 Å². The Morgan fingerprint density at radius 3 is 3.00 bits per heavy atom. The van der Waals surface area contributed by atoms with Gasteiger partial charge in [0.1, 0.15) is 5.37 Å². The molecule has 1 aliphatic heterocycles. The summed E-state index contributed by atoms with van der Waals surface area (Å²) in [6.45, 7) is 3.61. The summed E-state index contributed by atoms with van der Waals surface area (Å²) in [6, 6.07) is 4.26. The highest BCUT2D eigenvalue weighted by Gasteiger charge is 2.32. The van der Waals surface area contributed by atoms with Crippen LogP contribution in [-0.4, -0.2) is 36.8 Å². The van der Waals surface area contributed by atoms with Gasteiger partial charge in [0.2, 0.25) is 5.91 Å². The van der Waals surface area contributed by atoms with Crippen molar-refractivity contribution in [1.82, 2.24) is 4.90 Å². The molecule has 1 saturated heterocycles. The van der Waals surface area contributed by atoms with Crippen LogP contribution in [0.15, 0.2) is 12.1 Å². The van der Waals surface area contributed by atoms with Crippen molar-refractivity contribution >= 4 is 29.0 Å². The minimum atomic E-state index is 0.220. The second-order valence-electron chi connectivity index (χ2n) is 4.05. The minimum Gasteiger partial charge on any atom is -0.385 e. The minimum absolute atomic E-state index is 0.220. The van der Waals surface area contributed by atoms with Crippen LogP contribution in [0.5, 0.6) is 0 Å². The van der Waals surface area contributed by atoms with Crippen molar-refractivity contribution in [2.75, 3.05) is 26.0 Å². The molecule has 0 aromatic carbocycles. The second-order valence-corrected chi connectivity index (χ2v) is 6.43. The maximum Gasteiger partial charge on any atom is 0.233 e. The van der Waals surface area contributed by atoms with Crippen molar-refractivity contribution in [3.63, 3.8) is 0 Å². The molecule has 1 atom stereocenters. The van der Waals surface area contributed by atoms with Crippen LogP contribution in [0.4, 0.5) is 0 Å². The van der Waals surface area contributed by atoms with Crippen LogP contribution < -0.4 is 0 Å². The van der Waals surface area contributed by atoms with Gasteiger partial charge in [-0.25, -0.2) is 0 Å². The van der Waals surface area contributed by atoms with Crippen LogP contribution >= 0.6 is 23.1 Å². The largest absolute Gasteiger partial charge is 0.385 e. The molecule has 5 heteroatoms. The fourth-order valence-electron chi connectivity index (χ4n) is 1.90. The van der Waals surface area contributed by atoms with E-state index < -0.39 is 0 Å². The molecule has 1 fully saturated rings. The Morgan fingerprint density at radius 1 is 1.53 bits per heavy atom. The monoisotopic (exact) mass is 271 g/mol. The lowest BCUT2D eigenvalue weighted by molar-refractivity contribution is -0.128. The van der Waals surface area contributed by atoms with Gasteiger partial charge in [-0.3, -0.25) is 4.79 Å². The maximum absolute atomic E-state index is 11.8. The van der Waals surface area contributed by atoms with Crippen molar-refractivity contribution in [2.45, 2.75) is 18.7 Å². The standard InChI is InChI=1S/C12H17NO2S2/c1-9-4-5-10(17-9)12-13(6-3-7-15-2)11(14)8-16-12/h4-5,12H,3,6-8H2,1-2H3. The predicted molar refractivity (Wildman–Crippen MR) is 72.5 cm³/mol. The maximum atomic E-state index is 11.8. The van der Waals surface area contributed by atoms with Gasteiger partial charge in [-0.05, 0) is 25.5 Å². The summed E-state index contributed by atoms with van der Waals surface area (Å²) in [5, 5.41) is 0.220. The zero-order valence-corrected chi connectivity index (χ0v) is 11.8. The number of aryl methyl sites for hydroxylation is 1. The number of hydrogen-bond acceptors (Lipinski definition) is 4. The Balaban J connectivity index is 2.03. The van der Waals surface area contributed by atoms with Gasteiger partial charge in [0, 0.05) is 30.0 Å². The van der Waals surface area contributed by atoms with Crippen molar-refractivity contribution in [2.24, 2.45) is 0 Å². The molecule has 0 spiro atoms. The molecular weight excluding hydrogens is 254 g/mol. The third-order valence-electron chi connectivity index (χ3n) is 2.72. The molecule has 0 aliphatic carbocycles. The molecule has 1 aromatic rings. The van der Waals surface area contributed by atoms with Crippen LogP contribution in [0.1, 0.15) is 21.5 Å².